The maximum atomic E-state index is 13.2. The Hall–Kier alpha value is -3.50. The SMILES string of the molecule is OC1(c2csc(-c3cccc(Nc4nccc(C(F)(F)F)n4)c3)c2)CCN(c2ccc(F)cc2)C1. The molecule has 0 spiro atoms. The molecule has 0 radical (unpaired) electrons. The van der Waals surface area contributed by atoms with Crippen LogP contribution in [0.25, 0.3) is 10.4 Å². The summed E-state index contributed by atoms with van der Waals surface area (Å²) in [6, 6.07) is 16.1. The Balaban J connectivity index is 1.33. The van der Waals surface area contributed by atoms with E-state index < -0.39 is 17.5 Å². The molecule has 0 bridgehead atoms. The third-order valence-electron chi connectivity index (χ3n) is 5.93. The van der Waals surface area contributed by atoms with E-state index in [1.165, 1.54) is 23.5 Å². The molecule has 180 valence electrons. The standard InChI is InChI=1S/C25H20F4N4OS/c26-18-4-6-20(7-5-18)33-11-9-24(34,15-33)17-13-21(35-14-17)16-2-1-3-19(12-16)31-23-30-10-8-22(32-23)25(27,28)29/h1-8,10,12-14,34H,9,11,15H2,(H,30,31,32). The summed E-state index contributed by atoms with van der Waals surface area (Å²) < 4.78 is 52.1. The molecule has 0 aliphatic carbocycles. The van der Waals surface area contributed by atoms with E-state index in [1.54, 1.807) is 30.3 Å². The van der Waals surface area contributed by atoms with Crippen LogP contribution in [0.5, 0.6) is 0 Å². The number of benzene rings is 2. The number of nitrogens with one attached hydrogen (secondary N) is 1. The summed E-state index contributed by atoms with van der Waals surface area (Å²) in [5.74, 6) is -0.452. The lowest BCUT2D eigenvalue weighted by molar-refractivity contribution is -0.141. The molecule has 1 saturated heterocycles. The Kier molecular flexibility index (Phi) is 5.94. The highest BCUT2D eigenvalue weighted by molar-refractivity contribution is 7.13. The molecule has 2 N–H and O–H groups in total. The molecule has 1 unspecified atom stereocenters. The topological polar surface area (TPSA) is 61.3 Å². The average molecular weight is 501 g/mol. The summed E-state index contributed by atoms with van der Waals surface area (Å²) in [7, 11) is 0. The van der Waals surface area contributed by atoms with Crippen molar-refractivity contribution in [2.75, 3.05) is 23.3 Å². The summed E-state index contributed by atoms with van der Waals surface area (Å²) in [4.78, 5) is 10.3. The summed E-state index contributed by atoms with van der Waals surface area (Å²) in [6.07, 6.45) is -2.96. The van der Waals surface area contributed by atoms with Gasteiger partial charge in [0.15, 0.2) is 0 Å². The maximum Gasteiger partial charge on any atom is 0.433 e. The van der Waals surface area contributed by atoms with Gasteiger partial charge in [-0.05, 0) is 71.5 Å². The van der Waals surface area contributed by atoms with Crippen molar-refractivity contribution in [1.82, 2.24) is 9.97 Å². The highest BCUT2D eigenvalue weighted by Gasteiger charge is 2.38. The van der Waals surface area contributed by atoms with Crippen molar-refractivity contribution in [3.8, 4) is 10.4 Å². The molecular formula is C25H20F4N4OS. The number of rotatable bonds is 5. The number of thiophene rings is 1. The number of aromatic nitrogens is 2. The second-order valence-electron chi connectivity index (χ2n) is 8.35. The van der Waals surface area contributed by atoms with E-state index in [0.29, 0.717) is 25.2 Å². The Morgan fingerprint density at radius 2 is 1.86 bits per heavy atom. The van der Waals surface area contributed by atoms with Gasteiger partial charge in [-0.3, -0.25) is 0 Å². The second-order valence-corrected chi connectivity index (χ2v) is 9.26. The smallest absolute Gasteiger partial charge is 0.383 e. The van der Waals surface area contributed by atoms with Crippen LogP contribution < -0.4 is 10.2 Å². The first-order chi connectivity index (χ1) is 16.7. The zero-order valence-corrected chi connectivity index (χ0v) is 19.1. The third-order valence-corrected chi connectivity index (χ3v) is 6.90. The Labute approximate surface area is 202 Å². The first kappa shape index (κ1) is 23.3. The minimum Gasteiger partial charge on any atom is -0.383 e. The monoisotopic (exact) mass is 500 g/mol. The fourth-order valence-corrected chi connectivity index (χ4v) is 5.09. The van der Waals surface area contributed by atoms with Crippen LogP contribution in [0.2, 0.25) is 0 Å². The van der Waals surface area contributed by atoms with Crippen LogP contribution in [0.15, 0.2) is 72.2 Å². The minimum absolute atomic E-state index is 0.148. The van der Waals surface area contributed by atoms with Crippen LogP contribution in [0.1, 0.15) is 17.7 Å². The van der Waals surface area contributed by atoms with Gasteiger partial charge in [-0.25, -0.2) is 14.4 Å². The van der Waals surface area contributed by atoms with Crippen molar-refractivity contribution >= 4 is 28.7 Å². The third kappa shape index (κ3) is 4.98. The number of alkyl halides is 3. The van der Waals surface area contributed by atoms with Gasteiger partial charge in [-0.15, -0.1) is 11.3 Å². The lowest BCUT2D eigenvalue weighted by Crippen LogP contribution is -2.30. The molecule has 2 aromatic heterocycles. The van der Waals surface area contributed by atoms with E-state index in [2.05, 4.69) is 15.3 Å². The number of nitrogens with zero attached hydrogens (tertiary/aromatic N) is 3. The average Bonchev–Trinajstić information content (AvgIpc) is 3.48. The van der Waals surface area contributed by atoms with Gasteiger partial charge < -0.3 is 15.3 Å². The molecule has 5 rings (SSSR count). The van der Waals surface area contributed by atoms with Gasteiger partial charge >= 0.3 is 6.18 Å². The predicted octanol–water partition coefficient (Wildman–Crippen LogP) is 6.20. The molecule has 0 amide bonds. The van der Waals surface area contributed by atoms with Gasteiger partial charge in [0.2, 0.25) is 5.95 Å². The molecule has 2 aromatic carbocycles. The molecule has 35 heavy (non-hydrogen) atoms. The van der Waals surface area contributed by atoms with Crippen LogP contribution in [-0.4, -0.2) is 28.2 Å². The molecule has 1 aliphatic heterocycles. The van der Waals surface area contributed by atoms with Crippen LogP contribution in [0.4, 0.5) is 34.9 Å². The van der Waals surface area contributed by atoms with Crippen LogP contribution >= 0.6 is 11.3 Å². The van der Waals surface area contributed by atoms with E-state index >= 15 is 0 Å². The molecule has 1 atom stereocenters. The molecule has 5 nitrogen and oxygen atoms in total. The zero-order chi connectivity index (χ0) is 24.6. The maximum absolute atomic E-state index is 13.2. The van der Waals surface area contributed by atoms with E-state index in [0.717, 1.165) is 34.0 Å². The van der Waals surface area contributed by atoms with Crippen LogP contribution in [0.3, 0.4) is 0 Å². The van der Waals surface area contributed by atoms with E-state index in [4.69, 9.17) is 0 Å². The van der Waals surface area contributed by atoms with Gasteiger partial charge in [0.25, 0.3) is 0 Å². The van der Waals surface area contributed by atoms with Crippen LogP contribution in [0, 0.1) is 5.82 Å². The summed E-state index contributed by atoms with van der Waals surface area (Å²) >= 11 is 1.47. The summed E-state index contributed by atoms with van der Waals surface area (Å²) in [5.41, 5.74) is 0.975. The van der Waals surface area contributed by atoms with Gasteiger partial charge in [0.05, 0.1) is 6.54 Å². The lowest BCUT2D eigenvalue weighted by atomic mass is 9.95. The molecule has 1 aliphatic rings. The number of aliphatic hydroxyl groups is 1. The highest BCUT2D eigenvalue weighted by Crippen LogP contribution is 2.39. The van der Waals surface area contributed by atoms with Crippen molar-refractivity contribution in [3.05, 3.63) is 89.3 Å². The van der Waals surface area contributed by atoms with Crippen molar-refractivity contribution in [2.24, 2.45) is 0 Å². The van der Waals surface area contributed by atoms with E-state index in [-0.39, 0.29) is 11.8 Å². The van der Waals surface area contributed by atoms with Gasteiger partial charge in [0.1, 0.15) is 17.1 Å². The van der Waals surface area contributed by atoms with Gasteiger partial charge in [-0.1, -0.05) is 12.1 Å². The summed E-state index contributed by atoms with van der Waals surface area (Å²) in [5, 5.41) is 16.1. The first-order valence-corrected chi connectivity index (χ1v) is 11.7. The Morgan fingerprint density at radius 3 is 2.63 bits per heavy atom. The first-order valence-electron chi connectivity index (χ1n) is 10.8. The van der Waals surface area contributed by atoms with Crippen molar-refractivity contribution in [1.29, 1.82) is 0 Å². The minimum atomic E-state index is -4.55. The fraction of sp³-hybridized carbons (Fsp3) is 0.200. The lowest BCUT2D eigenvalue weighted by Gasteiger charge is -2.23. The Morgan fingerprint density at radius 1 is 1.06 bits per heavy atom. The number of halogens is 4. The van der Waals surface area contributed by atoms with E-state index in [9.17, 15) is 22.7 Å². The van der Waals surface area contributed by atoms with Crippen molar-refractivity contribution in [2.45, 2.75) is 18.2 Å². The number of hydrogen-bond acceptors (Lipinski definition) is 6. The quantitative estimate of drug-likeness (QED) is 0.319. The molecule has 4 aromatic rings. The number of hydrogen-bond donors (Lipinski definition) is 2. The molecule has 0 saturated carbocycles. The highest BCUT2D eigenvalue weighted by atomic mass is 32.1. The van der Waals surface area contributed by atoms with Gasteiger partial charge in [0, 0.05) is 29.0 Å². The molecule has 1 fully saturated rings. The molecule has 3 heterocycles. The molecular weight excluding hydrogens is 480 g/mol. The normalized spacial score (nSPS) is 18.1. The van der Waals surface area contributed by atoms with Crippen molar-refractivity contribution < 1.29 is 22.7 Å². The van der Waals surface area contributed by atoms with Crippen molar-refractivity contribution in [3.63, 3.8) is 0 Å². The largest absolute Gasteiger partial charge is 0.433 e. The summed E-state index contributed by atoms with van der Waals surface area (Å²) in [6.45, 7) is 1.03. The van der Waals surface area contributed by atoms with E-state index in [1.807, 2.05) is 22.4 Å². The Bertz CT molecular complexity index is 1340. The number of β-amino-alcohol motifs (C(OH)–C–C–N with tert-alkyl or cyclic N) is 1. The fourth-order valence-electron chi connectivity index (χ4n) is 4.09. The van der Waals surface area contributed by atoms with Gasteiger partial charge in [-0.2, -0.15) is 13.2 Å². The predicted molar refractivity (Wildman–Crippen MR) is 127 cm³/mol. The molecule has 10 heteroatoms. The van der Waals surface area contributed by atoms with Crippen LogP contribution in [-0.2, 0) is 11.8 Å². The zero-order valence-electron chi connectivity index (χ0n) is 18.3. The number of anilines is 3. The second kappa shape index (κ2) is 8.94.